The largest absolute Gasteiger partial charge is 0.396 e. The number of rotatable bonds is 2. The summed E-state index contributed by atoms with van der Waals surface area (Å²) in [6.07, 6.45) is 0.685. The summed E-state index contributed by atoms with van der Waals surface area (Å²) in [6, 6.07) is 0. The Morgan fingerprint density at radius 1 is 1.55 bits per heavy atom. The molecule has 1 rings (SSSR count). The third-order valence-electron chi connectivity index (χ3n) is 1.03. The maximum Gasteiger partial charge on any atom is 0.0897 e. The molecule has 0 saturated carbocycles. The van der Waals surface area contributed by atoms with Crippen molar-refractivity contribution in [2.75, 3.05) is 6.61 Å². The fourth-order valence-corrected chi connectivity index (χ4v) is 1.28. The van der Waals surface area contributed by atoms with Gasteiger partial charge in [0, 0.05) is 18.4 Å². The molecule has 2 nitrogen and oxygen atoms in total. The Balaban J connectivity index is 0.000000461. The third-order valence-corrected chi connectivity index (χ3v) is 1.86. The van der Waals surface area contributed by atoms with Gasteiger partial charge in [0.2, 0.25) is 0 Å². The fraction of sp³-hybridized carbons (Fsp3) is 0.625. The molecule has 1 heterocycles. The van der Waals surface area contributed by atoms with Gasteiger partial charge in [-0.15, -0.1) is 11.3 Å². The van der Waals surface area contributed by atoms with Crippen LogP contribution in [-0.4, -0.2) is 16.7 Å². The Hall–Kier alpha value is -0.410. The first-order chi connectivity index (χ1) is 5.33. The van der Waals surface area contributed by atoms with Crippen molar-refractivity contribution in [3.05, 3.63) is 16.1 Å². The molecule has 0 unspecified atom stereocenters. The van der Waals surface area contributed by atoms with Gasteiger partial charge in [-0.1, -0.05) is 13.8 Å². The lowest BCUT2D eigenvalue weighted by atomic mass is 10.4. The summed E-state index contributed by atoms with van der Waals surface area (Å²) in [5.41, 5.74) is 1.00. The first-order valence-corrected chi connectivity index (χ1v) is 4.73. The van der Waals surface area contributed by atoms with E-state index < -0.39 is 0 Å². The average Bonchev–Trinajstić information content (AvgIpc) is 2.41. The van der Waals surface area contributed by atoms with Gasteiger partial charge in [0.25, 0.3) is 0 Å². The van der Waals surface area contributed by atoms with Gasteiger partial charge in [0.15, 0.2) is 0 Å². The Morgan fingerprint density at radius 3 is 2.55 bits per heavy atom. The van der Waals surface area contributed by atoms with Gasteiger partial charge in [-0.25, -0.2) is 4.98 Å². The van der Waals surface area contributed by atoms with Crippen molar-refractivity contribution in [3.63, 3.8) is 0 Å². The fourth-order valence-electron chi connectivity index (χ4n) is 0.638. The van der Waals surface area contributed by atoms with Gasteiger partial charge in [0.1, 0.15) is 0 Å². The van der Waals surface area contributed by atoms with E-state index in [9.17, 15) is 0 Å². The average molecular weight is 173 g/mol. The van der Waals surface area contributed by atoms with Gasteiger partial charge in [-0.05, 0) is 6.92 Å². The van der Waals surface area contributed by atoms with E-state index in [-0.39, 0.29) is 6.61 Å². The van der Waals surface area contributed by atoms with Gasteiger partial charge < -0.3 is 5.11 Å². The van der Waals surface area contributed by atoms with Crippen LogP contribution in [0.1, 0.15) is 24.5 Å². The summed E-state index contributed by atoms with van der Waals surface area (Å²) in [5, 5.41) is 11.5. The molecule has 3 heteroatoms. The van der Waals surface area contributed by atoms with Crippen LogP contribution in [0.5, 0.6) is 0 Å². The number of nitrogens with zero attached hydrogens (tertiary/aromatic N) is 1. The molecule has 1 aromatic heterocycles. The number of hydrogen-bond acceptors (Lipinski definition) is 3. The predicted octanol–water partition coefficient (Wildman–Crippen LogP) is 2.01. The van der Waals surface area contributed by atoms with Crippen LogP contribution in [0.3, 0.4) is 0 Å². The van der Waals surface area contributed by atoms with Gasteiger partial charge in [-0.2, -0.15) is 0 Å². The maximum absolute atomic E-state index is 8.49. The zero-order valence-corrected chi connectivity index (χ0v) is 8.11. The normalized spacial score (nSPS) is 8.73. The second kappa shape index (κ2) is 6.31. The van der Waals surface area contributed by atoms with Crippen molar-refractivity contribution in [3.8, 4) is 0 Å². The van der Waals surface area contributed by atoms with Gasteiger partial charge in [0.05, 0.1) is 10.7 Å². The van der Waals surface area contributed by atoms with Crippen LogP contribution in [0, 0.1) is 6.92 Å². The molecule has 0 aliphatic heterocycles. The summed E-state index contributed by atoms with van der Waals surface area (Å²) in [5.74, 6) is 0. The Morgan fingerprint density at radius 2 is 2.18 bits per heavy atom. The van der Waals surface area contributed by atoms with Crippen molar-refractivity contribution in [2.45, 2.75) is 27.2 Å². The van der Waals surface area contributed by atoms with E-state index in [0.29, 0.717) is 6.42 Å². The first kappa shape index (κ1) is 10.6. The minimum absolute atomic E-state index is 0.198. The monoisotopic (exact) mass is 173 g/mol. The van der Waals surface area contributed by atoms with E-state index in [4.69, 9.17) is 5.11 Å². The smallest absolute Gasteiger partial charge is 0.0897 e. The van der Waals surface area contributed by atoms with Crippen molar-refractivity contribution >= 4 is 11.3 Å². The van der Waals surface area contributed by atoms with Crippen LogP contribution in [0.4, 0.5) is 0 Å². The summed E-state index contributed by atoms with van der Waals surface area (Å²) in [7, 11) is 0. The van der Waals surface area contributed by atoms with E-state index in [2.05, 4.69) is 4.98 Å². The molecule has 64 valence electrons. The van der Waals surface area contributed by atoms with E-state index in [1.165, 1.54) is 0 Å². The molecular weight excluding hydrogens is 158 g/mol. The molecule has 0 spiro atoms. The summed E-state index contributed by atoms with van der Waals surface area (Å²) in [4.78, 5) is 4.16. The van der Waals surface area contributed by atoms with E-state index in [0.717, 1.165) is 10.7 Å². The maximum atomic E-state index is 8.49. The summed E-state index contributed by atoms with van der Waals surface area (Å²) >= 11 is 1.62. The molecule has 0 fully saturated rings. The summed E-state index contributed by atoms with van der Waals surface area (Å²) < 4.78 is 0. The topological polar surface area (TPSA) is 33.1 Å². The predicted molar refractivity (Wildman–Crippen MR) is 49.0 cm³/mol. The van der Waals surface area contributed by atoms with Crippen LogP contribution in [-0.2, 0) is 6.42 Å². The number of hydrogen-bond donors (Lipinski definition) is 1. The van der Waals surface area contributed by atoms with Crippen LogP contribution in [0.2, 0.25) is 0 Å². The minimum Gasteiger partial charge on any atom is -0.396 e. The van der Waals surface area contributed by atoms with E-state index in [1.807, 2.05) is 26.2 Å². The molecule has 0 aromatic carbocycles. The number of aliphatic hydroxyl groups excluding tert-OH is 1. The molecule has 1 aromatic rings. The van der Waals surface area contributed by atoms with Gasteiger partial charge >= 0.3 is 0 Å². The van der Waals surface area contributed by atoms with Crippen molar-refractivity contribution in [1.82, 2.24) is 4.98 Å². The number of aliphatic hydroxyl groups is 1. The molecule has 0 aliphatic carbocycles. The van der Waals surface area contributed by atoms with Crippen LogP contribution >= 0.6 is 11.3 Å². The SMILES string of the molecule is CC.Cc1nc(CCO)cs1. The Labute approximate surface area is 71.9 Å². The van der Waals surface area contributed by atoms with Crippen molar-refractivity contribution < 1.29 is 5.11 Å². The number of aromatic nitrogens is 1. The second-order valence-corrected chi connectivity index (χ2v) is 2.89. The van der Waals surface area contributed by atoms with E-state index in [1.54, 1.807) is 11.3 Å². The first-order valence-electron chi connectivity index (χ1n) is 3.85. The molecule has 0 aliphatic rings. The highest BCUT2D eigenvalue weighted by molar-refractivity contribution is 7.09. The number of aryl methyl sites for hydroxylation is 1. The molecule has 0 bridgehead atoms. The lowest BCUT2D eigenvalue weighted by Gasteiger charge is -1.85. The molecule has 0 radical (unpaired) electrons. The van der Waals surface area contributed by atoms with Crippen molar-refractivity contribution in [2.24, 2.45) is 0 Å². The Bertz CT molecular complexity index is 186. The quantitative estimate of drug-likeness (QED) is 0.742. The number of thiazole rings is 1. The molecule has 0 atom stereocenters. The highest BCUT2D eigenvalue weighted by atomic mass is 32.1. The molecule has 0 saturated heterocycles. The van der Waals surface area contributed by atoms with Crippen LogP contribution in [0.25, 0.3) is 0 Å². The van der Waals surface area contributed by atoms with Crippen LogP contribution in [0.15, 0.2) is 5.38 Å². The molecule has 0 amide bonds. The standard InChI is InChI=1S/C6H9NOS.C2H6/c1-5-7-6(2-3-8)4-9-5;1-2/h4,8H,2-3H2,1H3;1-2H3. The second-order valence-electron chi connectivity index (χ2n) is 1.83. The van der Waals surface area contributed by atoms with Crippen molar-refractivity contribution in [1.29, 1.82) is 0 Å². The highest BCUT2D eigenvalue weighted by Gasteiger charge is 1.94. The zero-order chi connectivity index (χ0) is 8.69. The lowest BCUT2D eigenvalue weighted by molar-refractivity contribution is 0.298. The molecule has 1 N–H and O–H groups in total. The minimum atomic E-state index is 0.198. The molecular formula is C8H15NOS. The van der Waals surface area contributed by atoms with E-state index >= 15 is 0 Å². The lowest BCUT2D eigenvalue weighted by Crippen LogP contribution is -1.89. The third kappa shape index (κ3) is 4.11. The summed E-state index contributed by atoms with van der Waals surface area (Å²) in [6.45, 7) is 6.16. The Kier molecular flexibility index (Phi) is 6.07. The van der Waals surface area contributed by atoms with Crippen LogP contribution < -0.4 is 0 Å². The zero-order valence-electron chi connectivity index (χ0n) is 7.29. The molecule has 11 heavy (non-hydrogen) atoms. The van der Waals surface area contributed by atoms with Gasteiger partial charge in [-0.3, -0.25) is 0 Å². The highest BCUT2D eigenvalue weighted by Crippen LogP contribution is 2.07.